The molecule has 0 radical (unpaired) electrons. The van der Waals surface area contributed by atoms with E-state index in [4.69, 9.17) is 4.42 Å². The van der Waals surface area contributed by atoms with Crippen LogP contribution in [0.3, 0.4) is 0 Å². The van der Waals surface area contributed by atoms with E-state index in [0.717, 1.165) is 30.4 Å². The molecule has 0 unspecified atom stereocenters. The Morgan fingerprint density at radius 2 is 1.82 bits per heavy atom. The topological polar surface area (TPSA) is 33.5 Å². The molecule has 0 aromatic carbocycles. The van der Waals surface area contributed by atoms with Crippen molar-refractivity contribution >= 4 is 6.29 Å². The van der Waals surface area contributed by atoms with Gasteiger partial charge in [-0.3, -0.25) is 9.69 Å². The molecule has 1 aromatic heterocycles. The maximum absolute atomic E-state index is 10.6. The maximum atomic E-state index is 10.6. The molecule has 17 heavy (non-hydrogen) atoms. The van der Waals surface area contributed by atoms with Gasteiger partial charge in [0.2, 0.25) is 0 Å². The molecule has 3 rings (SSSR count). The quantitative estimate of drug-likeness (QED) is 0.679. The van der Waals surface area contributed by atoms with Crippen LogP contribution in [-0.4, -0.2) is 24.3 Å². The van der Waals surface area contributed by atoms with E-state index in [1.165, 1.54) is 38.8 Å². The molecule has 2 aliphatic rings. The van der Waals surface area contributed by atoms with Gasteiger partial charge in [0.05, 0.1) is 6.54 Å². The van der Waals surface area contributed by atoms with Gasteiger partial charge in [-0.2, -0.15) is 0 Å². The largest absolute Gasteiger partial charge is 0.457 e. The molecule has 3 nitrogen and oxygen atoms in total. The van der Waals surface area contributed by atoms with Crippen LogP contribution in [0.25, 0.3) is 0 Å². The highest BCUT2D eigenvalue weighted by atomic mass is 16.3. The Morgan fingerprint density at radius 1 is 1.18 bits per heavy atom. The van der Waals surface area contributed by atoms with Crippen LogP contribution in [0.1, 0.15) is 42.0 Å². The lowest BCUT2D eigenvalue weighted by Gasteiger charge is -2.20. The molecule has 2 aliphatic carbocycles. The molecule has 3 heteroatoms. The third kappa shape index (κ3) is 3.19. The van der Waals surface area contributed by atoms with E-state index in [-0.39, 0.29) is 0 Å². The Bertz CT molecular complexity index is 377. The minimum Gasteiger partial charge on any atom is -0.457 e. The van der Waals surface area contributed by atoms with Crippen molar-refractivity contribution in [2.24, 2.45) is 11.8 Å². The van der Waals surface area contributed by atoms with Crippen molar-refractivity contribution in [2.75, 3.05) is 13.1 Å². The first-order chi connectivity index (χ1) is 8.33. The van der Waals surface area contributed by atoms with Crippen LogP contribution in [-0.2, 0) is 6.54 Å². The van der Waals surface area contributed by atoms with Crippen LogP contribution in [0.5, 0.6) is 0 Å². The van der Waals surface area contributed by atoms with Crippen molar-refractivity contribution in [1.29, 1.82) is 0 Å². The summed E-state index contributed by atoms with van der Waals surface area (Å²) < 4.78 is 5.46. The molecule has 0 saturated heterocycles. The van der Waals surface area contributed by atoms with Gasteiger partial charge in [-0.15, -0.1) is 0 Å². The molecule has 1 aromatic rings. The Morgan fingerprint density at radius 3 is 2.29 bits per heavy atom. The van der Waals surface area contributed by atoms with Crippen LogP contribution in [0, 0.1) is 11.8 Å². The Balaban J connectivity index is 1.58. The average molecular weight is 233 g/mol. The first kappa shape index (κ1) is 11.0. The van der Waals surface area contributed by atoms with E-state index in [1.807, 2.05) is 6.07 Å². The summed E-state index contributed by atoms with van der Waals surface area (Å²) in [6, 6.07) is 3.69. The Kier molecular flexibility index (Phi) is 3.02. The highest BCUT2D eigenvalue weighted by Crippen LogP contribution is 2.34. The number of furan rings is 1. The van der Waals surface area contributed by atoms with Gasteiger partial charge in [0.15, 0.2) is 12.0 Å². The molecule has 2 fully saturated rings. The highest BCUT2D eigenvalue weighted by Gasteiger charge is 2.29. The van der Waals surface area contributed by atoms with E-state index in [1.54, 1.807) is 6.07 Å². The smallest absolute Gasteiger partial charge is 0.185 e. The monoisotopic (exact) mass is 233 g/mol. The van der Waals surface area contributed by atoms with Gasteiger partial charge in [-0.25, -0.2) is 0 Å². The van der Waals surface area contributed by atoms with E-state index in [2.05, 4.69) is 4.90 Å². The highest BCUT2D eigenvalue weighted by molar-refractivity contribution is 5.70. The van der Waals surface area contributed by atoms with Crippen molar-refractivity contribution in [3.05, 3.63) is 23.7 Å². The van der Waals surface area contributed by atoms with Crippen molar-refractivity contribution in [2.45, 2.75) is 32.2 Å². The van der Waals surface area contributed by atoms with Crippen LogP contribution in [0.2, 0.25) is 0 Å². The summed E-state index contributed by atoms with van der Waals surface area (Å²) in [6.45, 7) is 3.27. The molecule has 0 atom stereocenters. The molecule has 0 amide bonds. The summed E-state index contributed by atoms with van der Waals surface area (Å²) in [7, 11) is 0. The summed E-state index contributed by atoms with van der Waals surface area (Å²) in [5, 5.41) is 0. The number of hydrogen-bond acceptors (Lipinski definition) is 3. The third-order valence-corrected chi connectivity index (χ3v) is 3.60. The Hall–Kier alpha value is -1.09. The number of aldehydes is 1. The first-order valence-electron chi connectivity index (χ1n) is 6.60. The van der Waals surface area contributed by atoms with Gasteiger partial charge in [0, 0.05) is 13.1 Å². The van der Waals surface area contributed by atoms with Crippen LogP contribution in [0.15, 0.2) is 16.5 Å². The van der Waals surface area contributed by atoms with Crippen molar-refractivity contribution in [3.63, 3.8) is 0 Å². The van der Waals surface area contributed by atoms with Crippen molar-refractivity contribution in [3.8, 4) is 0 Å². The van der Waals surface area contributed by atoms with Crippen molar-refractivity contribution in [1.82, 2.24) is 4.90 Å². The fourth-order valence-corrected chi connectivity index (χ4v) is 2.30. The number of nitrogens with zero attached hydrogens (tertiary/aromatic N) is 1. The first-order valence-corrected chi connectivity index (χ1v) is 6.60. The second kappa shape index (κ2) is 4.65. The van der Waals surface area contributed by atoms with Crippen molar-refractivity contribution < 1.29 is 9.21 Å². The molecular formula is C14H19NO2. The minimum atomic E-state index is 0.442. The SMILES string of the molecule is O=Cc1ccc(CN(CC2CC2)CC2CC2)o1. The summed E-state index contributed by atoms with van der Waals surface area (Å²) in [5.41, 5.74) is 0. The second-order valence-corrected chi connectivity index (χ2v) is 5.50. The van der Waals surface area contributed by atoms with Gasteiger partial charge < -0.3 is 4.42 Å². The summed E-state index contributed by atoms with van der Waals surface area (Å²) in [6.07, 6.45) is 6.32. The molecule has 92 valence electrons. The number of hydrogen-bond donors (Lipinski definition) is 0. The van der Waals surface area contributed by atoms with Gasteiger partial charge in [-0.1, -0.05) is 0 Å². The zero-order valence-corrected chi connectivity index (χ0v) is 10.1. The van der Waals surface area contributed by atoms with Crippen LogP contribution in [0.4, 0.5) is 0 Å². The molecule has 0 spiro atoms. The molecule has 2 saturated carbocycles. The lowest BCUT2D eigenvalue weighted by Crippen LogP contribution is -2.27. The summed E-state index contributed by atoms with van der Waals surface area (Å²) in [5.74, 6) is 3.19. The maximum Gasteiger partial charge on any atom is 0.185 e. The standard InChI is InChI=1S/C14H19NO2/c16-10-14-6-5-13(17-14)9-15(7-11-1-2-11)8-12-3-4-12/h5-6,10-12H,1-4,7-9H2. The molecule has 1 heterocycles. The average Bonchev–Trinajstić information content (AvgIpc) is 3.22. The normalized spacial score (nSPS) is 19.8. The number of rotatable bonds is 7. The van der Waals surface area contributed by atoms with E-state index < -0.39 is 0 Å². The predicted octanol–water partition coefficient (Wildman–Crippen LogP) is 2.71. The number of carbonyl (C=O) groups is 1. The van der Waals surface area contributed by atoms with E-state index >= 15 is 0 Å². The summed E-state index contributed by atoms with van der Waals surface area (Å²) >= 11 is 0. The van der Waals surface area contributed by atoms with Gasteiger partial charge >= 0.3 is 0 Å². The second-order valence-electron chi connectivity index (χ2n) is 5.50. The summed E-state index contributed by atoms with van der Waals surface area (Å²) in [4.78, 5) is 13.1. The molecular weight excluding hydrogens is 214 g/mol. The molecule has 0 bridgehead atoms. The molecule has 0 N–H and O–H groups in total. The molecule has 0 aliphatic heterocycles. The Labute approximate surface area is 102 Å². The fraction of sp³-hybridized carbons (Fsp3) is 0.643. The predicted molar refractivity (Wildman–Crippen MR) is 64.8 cm³/mol. The fourth-order valence-electron chi connectivity index (χ4n) is 2.30. The number of carbonyl (C=O) groups excluding carboxylic acids is 1. The zero-order valence-electron chi connectivity index (χ0n) is 10.1. The van der Waals surface area contributed by atoms with Gasteiger partial charge in [0.25, 0.3) is 0 Å². The minimum absolute atomic E-state index is 0.442. The van der Waals surface area contributed by atoms with Gasteiger partial charge in [0.1, 0.15) is 5.76 Å². The zero-order chi connectivity index (χ0) is 11.7. The third-order valence-electron chi connectivity index (χ3n) is 3.60. The van der Waals surface area contributed by atoms with Crippen LogP contribution >= 0.6 is 0 Å². The van der Waals surface area contributed by atoms with E-state index in [9.17, 15) is 4.79 Å². The van der Waals surface area contributed by atoms with E-state index in [0.29, 0.717) is 5.76 Å². The van der Waals surface area contributed by atoms with Crippen LogP contribution < -0.4 is 0 Å². The van der Waals surface area contributed by atoms with Gasteiger partial charge in [-0.05, 0) is 49.7 Å². The lowest BCUT2D eigenvalue weighted by atomic mass is 10.3. The lowest BCUT2D eigenvalue weighted by molar-refractivity contribution is 0.109.